The number of methoxy groups -OCH3 is 3. The van der Waals surface area contributed by atoms with E-state index in [0.29, 0.717) is 22.8 Å². The highest BCUT2D eigenvalue weighted by atomic mass is 16.5. The molecule has 0 aliphatic carbocycles. The zero-order chi connectivity index (χ0) is 19.6. The van der Waals surface area contributed by atoms with Crippen molar-refractivity contribution < 1.29 is 23.8 Å². The second-order valence-corrected chi connectivity index (χ2v) is 6.33. The van der Waals surface area contributed by atoms with Crippen molar-refractivity contribution in [1.82, 2.24) is 10.2 Å². The van der Waals surface area contributed by atoms with E-state index in [-0.39, 0.29) is 12.5 Å². The summed E-state index contributed by atoms with van der Waals surface area (Å²) in [4.78, 5) is 26.9. The quantitative estimate of drug-likeness (QED) is 0.791. The summed E-state index contributed by atoms with van der Waals surface area (Å²) in [5.41, 5.74) is 0.166. The highest BCUT2D eigenvalue weighted by molar-refractivity contribution is 6.07. The fourth-order valence-electron chi connectivity index (χ4n) is 3.19. The molecule has 1 fully saturated rings. The topological polar surface area (TPSA) is 77.1 Å². The standard InChI is InChI=1S/C20H22N2O5/c1-20(14-9-10-16(26-3)17(11-14)27-4)18(23)22(19(24)21-20)12-13-7-5-6-8-15(13)25-2/h5-11H,12H2,1-4H3,(H,21,24). The Morgan fingerprint density at radius 2 is 1.59 bits per heavy atom. The number of para-hydroxylation sites is 1. The number of benzene rings is 2. The summed E-state index contributed by atoms with van der Waals surface area (Å²) < 4.78 is 15.9. The molecule has 3 amide bonds. The predicted molar refractivity (Wildman–Crippen MR) is 99.0 cm³/mol. The van der Waals surface area contributed by atoms with Gasteiger partial charge in [-0.15, -0.1) is 0 Å². The van der Waals surface area contributed by atoms with Gasteiger partial charge in [0.15, 0.2) is 11.5 Å². The normalized spacial score (nSPS) is 19.0. The maximum Gasteiger partial charge on any atom is 0.325 e. The molecule has 1 atom stereocenters. The molecule has 1 saturated heterocycles. The molecule has 0 bridgehead atoms. The molecule has 3 rings (SSSR count). The van der Waals surface area contributed by atoms with Crippen LogP contribution in [0.2, 0.25) is 0 Å². The molecule has 1 aliphatic heterocycles. The SMILES string of the molecule is COc1ccccc1CN1C(=O)NC(C)(c2ccc(OC)c(OC)c2)C1=O. The molecule has 1 unspecified atom stereocenters. The molecule has 142 valence electrons. The maximum absolute atomic E-state index is 13.1. The zero-order valence-corrected chi connectivity index (χ0v) is 15.7. The van der Waals surface area contributed by atoms with Gasteiger partial charge in [-0.25, -0.2) is 4.79 Å². The Labute approximate surface area is 157 Å². The Morgan fingerprint density at radius 3 is 2.26 bits per heavy atom. The van der Waals surface area contributed by atoms with Crippen LogP contribution < -0.4 is 19.5 Å². The van der Waals surface area contributed by atoms with Crippen molar-refractivity contribution >= 4 is 11.9 Å². The van der Waals surface area contributed by atoms with E-state index in [1.807, 2.05) is 18.2 Å². The second kappa shape index (κ2) is 7.19. The maximum atomic E-state index is 13.1. The molecule has 0 aromatic heterocycles. The third-order valence-corrected chi connectivity index (χ3v) is 4.76. The summed E-state index contributed by atoms with van der Waals surface area (Å²) >= 11 is 0. The van der Waals surface area contributed by atoms with Crippen LogP contribution in [0.15, 0.2) is 42.5 Å². The van der Waals surface area contributed by atoms with Gasteiger partial charge in [0.1, 0.15) is 11.3 Å². The molecule has 2 aromatic rings. The molecular weight excluding hydrogens is 348 g/mol. The van der Waals surface area contributed by atoms with Crippen LogP contribution in [-0.2, 0) is 16.9 Å². The molecule has 1 aliphatic rings. The van der Waals surface area contributed by atoms with E-state index >= 15 is 0 Å². The van der Waals surface area contributed by atoms with Crippen molar-refractivity contribution in [3.05, 3.63) is 53.6 Å². The molecule has 0 saturated carbocycles. The first-order chi connectivity index (χ1) is 12.9. The van der Waals surface area contributed by atoms with Gasteiger partial charge in [0.05, 0.1) is 27.9 Å². The zero-order valence-electron chi connectivity index (χ0n) is 15.7. The molecule has 0 spiro atoms. The van der Waals surface area contributed by atoms with Gasteiger partial charge < -0.3 is 19.5 Å². The van der Waals surface area contributed by atoms with Crippen molar-refractivity contribution in [3.8, 4) is 17.2 Å². The average Bonchev–Trinajstić information content (AvgIpc) is 2.91. The number of hydrogen-bond donors (Lipinski definition) is 1. The second-order valence-electron chi connectivity index (χ2n) is 6.33. The van der Waals surface area contributed by atoms with Crippen LogP contribution >= 0.6 is 0 Å². The summed E-state index contributed by atoms with van der Waals surface area (Å²) in [5.74, 6) is 1.32. The van der Waals surface area contributed by atoms with Gasteiger partial charge >= 0.3 is 6.03 Å². The first-order valence-electron chi connectivity index (χ1n) is 8.43. The van der Waals surface area contributed by atoms with Crippen LogP contribution in [0.25, 0.3) is 0 Å². The van der Waals surface area contributed by atoms with E-state index in [0.717, 1.165) is 5.56 Å². The number of rotatable bonds is 6. The first kappa shape index (κ1) is 18.6. The van der Waals surface area contributed by atoms with Crippen LogP contribution in [0.1, 0.15) is 18.1 Å². The van der Waals surface area contributed by atoms with Gasteiger partial charge in [-0.2, -0.15) is 0 Å². The van der Waals surface area contributed by atoms with Crippen LogP contribution in [0.4, 0.5) is 4.79 Å². The molecular formula is C20H22N2O5. The Morgan fingerprint density at radius 1 is 0.926 bits per heavy atom. The first-order valence-corrected chi connectivity index (χ1v) is 8.43. The van der Waals surface area contributed by atoms with E-state index in [4.69, 9.17) is 14.2 Å². The lowest BCUT2D eigenvalue weighted by atomic mass is 9.91. The lowest BCUT2D eigenvalue weighted by molar-refractivity contribution is -0.131. The molecule has 7 nitrogen and oxygen atoms in total. The van der Waals surface area contributed by atoms with Crippen LogP contribution in [0.5, 0.6) is 17.2 Å². The lowest BCUT2D eigenvalue weighted by Crippen LogP contribution is -2.40. The van der Waals surface area contributed by atoms with Crippen molar-refractivity contribution in [2.45, 2.75) is 19.0 Å². The van der Waals surface area contributed by atoms with E-state index in [2.05, 4.69) is 5.32 Å². The van der Waals surface area contributed by atoms with E-state index in [1.165, 1.54) is 19.1 Å². The summed E-state index contributed by atoms with van der Waals surface area (Å²) in [7, 11) is 4.61. The van der Waals surface area contributed by atoms with Crippen LogP contribution in [0, 0.1) is 0 Å². The lowest BCUT2D eigenvalue weighted by Gasteiger charge is -2.23. The minimum Gasteiger partial charge on any atom is -0.496 e. The highest BCUT2D eigenvalue weighted by Crippen LogP contribution is 2.36. The van der Waals surface area contributed by atoms with Crippen molar-refractivity contribution in [3.63, 3.8) is 0 Å². The van der Waals surface area contributed by atoms with Crippen LogP contribution in [-0.4, -0.2) is 38.2 Å². The summed E-state index contributed by atoms with van der Waals surface area (Å²) in [6, 6.07) is 12.0. The van der Waals surface area contributed by atoms with E-state index < -0.39 is 11.6 Å². The van der Waals surface area contributed by atoms with Gasteiger partial charge in [0.2, 0.25) is 0 Å². The Balaban J connectivity index is 1.93. The summed E-state index contributed by atoms with van der Waals surface area (Å²) in [6.45, 7) is 1.80. The largest absolute Gasteiger partial charge is 0.496 e. The molecule has 1 N–H and O–H groups in total. The fourth-order valence-corrected chi connectivity index (χ4v) is 3.19. The van der Waals surface area contributed by atoms with Gasteiger partial charge in [0, 0.05) is 5.56 Å². The third-order valence-electron chi connectivity index (χ3n) is 4.76. The number of amides is 3. The van der Waals surface area contributed by atoms with Crippen molar-refractivity contribution in [2.24, 2.45) is 0 Å². The summed E-state index contributed by atoms with van der Waals surface area (Å²) in [5, 5.41) is 2.79. The number of ether oxygens (including phenoxy) is 3. The third kappa shape index (κ3) is 3.16. The van der Waals surface area contributed by atoms with Crippen molar-refractivity contribution in [2.75, 3.05) is 21.3 Å². The van der Waals surface area contributed by atoms with Crippen molar-refractivity contribution in [1.29, 1.82) is 0 Å². The number of urea groups is 1. The smallest absolute Gasteiger partial charge is 0.325 e. The minimum absolute atomic E-state index is 0.123. The van der Waals surface area contributed by atoms with Gasteiger partial charge in [-0.3, -0.25) is 9.69 Å². The molecule has 0 radical (unpaired) electrons. The number of nitrogens with one attached hydrogen (secondary N) is 1. The fraction of sp³-hybridized carbons (Fsp3) is 0.300. The Kier molecular flexibility index (Phi) is 4.94. The number of hydrogen-bond acceptors (Lipinski definition) is 5. The number of imide groups is 1. The number of carbonyl (C=O) groups excluding carboxylic acids is 2. The summed E-state index contributed by atoms with van der Waals surface area (Å²) in [6.07, 6.45) is 0. The molecule has 2 aromatic carbocycles. The minimum atomic E-state index is -1.20. The monoisotopic (exact) mass is 370 g/mol. The Hall–Kier alpha value is -3.22. The van der Waals surface area contributed by atoms with Gasteiger partial charge in [0.25, 0.3) is 5.91 Å². The van der Waals surface area contributed by atoms with E-state index in [1.54, 1.807) is 38.3 Å². The van der Waals surface area contributed by atoms with Gasteiger partial charge in [-0.1, -0.05) is 24.3 Å². The van der Waals surface area contributed by atoms with E-state index in [9.17, 15) is 9.59 Å². The van der Waals surface area contributed by atoms with Crippen LogP contribution in [0.3, 0.4) is 0 Å². The molecule has 27 heavy (non-hydrogen) atoms. The number of nitrogens with zero attached hydrogens (tertiary/aromatic N) is 1. The molecule has 1 heterocycles. The number of carbonyl (C=O) groups is 2. The predicted octanol–water partition coefficient (Wildman–Crippen LogP) is 2.68. The highest BCUT2D eigenvalue weighted by Gasteiger charge is 2.49. The van der Waals surface area contributed by atoms with Gasteiger partial charge in [-0.05, 0) is 30.7 Å². The molecule has 7 heteroatoms. The average molecular weight is 370 g/mol. The Bertz CT molecular complexity index is 882.